The number of morpholine rings is 1. The highest BCUT2D eigenvalue weighted by Gasteiger charge is 2.32. The van der Waals surface area contributed by atoms with Crippen LogP contribution in [0.5, 0.6) is 0 Å². The lowest BCUT2D eigenvalue weighted by Crippen LogP contribution is -2.56. The number of rotatable bonds is 8. The lowest BCUT2D eigenvalue weighted by atomic mass is 9.91. The Bertz CT molecular complexity index is 796. The summed E-state index contributed by atoms with van der Waals surface area (Å²) in [6.45, 7) is 11.8. The molecule has 3 aliphatic rings. The average molecular weight is 452 g/mol. The van der Waals surface area contributed by atoms with Crippen LogP contribution in [0.2, 0.25) is 0 Å². The highest BCUT2D eigenvalue weighted by molar-refractivity contribution is 7.90. The van der Waals surface area contributed by atoms with Gasteiger partial charge < -0.3 is 9.47 Å². The first-order valence-electron chi connectivity index (χ1n) is 11.6. The molecule has 8 heteroatoms. The van der Waals surface area contributed by atoms with Gasteiger partial charge in [-0.3, -0.25) is 14.7 Å². The standard InChI is InChI=1S/C23H37N3O4S/c1-31(27,28)23-6-3-20(4-7-23)16-25-8-9-26-17-21(2-5-22(26)18-25)19-30-15-12-24-10-13-29-14-11-24/h3-4,6-7,21-22H,2,5,8-19H2,1H3. The van der Waals surface area contributed by atoms with Crippen LogP contribution in [0.15, 0.2) is 29.2 Å². The lowest BCUT2D eigenvalue weighted by molar-refractivity contribution is -0.0123. The fourth-order valence-electron chi connectivity index (χ4n) is 4.97. The van der Waals surface area contributed by atoms with Gasteiger partial charge in [0.2, 0.25) is 0 Å². The van der Waals surface area contributed by atoms with Crippen molar-refractivity contribution in [3.63, 3.8) is 0 Å². The third kappa shape index (κ3) is 6.73. The number of nitrogens with zero attached hydrogens (tertiary/aromatic N) is 3. The van der Waals surface area contributed by atoms with E-state index in [1.807, 2.05) is 12.1 Å². The Labute approximate surface area is 187 Å². The summed E-state index contributed by atoms with van der Waals surface area (Å²) in [6.07, 6.45) is 3.74. The number of sulfone groups is 1. The van der Waals surface area contributed by atoms with Gasteiger partial charge >= 0.3 is 0 Å². The monoisotopic (exact) mass is 451 g/mol. The van der Waals surface area contributed by atoms with Crippen LogP contribution in [0, 0.1) is 5.92 Å². The molecule has 1 aromatic rings. The summed E-state index contributed by atoms with van der Waals surface area (Å²) in [4.78, 5) is 7.99. The number of hydrogen-bond acceptors (Lipinski definition) is 7. The van der Waals surface area contributed by atoms with Crippen LogP contribution < -0.4 is 0 Å². The maximum absolute atomic E-state index is 11.6. The maximum atomic E-state index is 11.6. The number of benzene rings is 1. The fourth-order valence-corrected chi connectivity index (χ4v) is 5.60. The second-order valence-corrected chi connectivity index (χ2v) is 11.3. The summed E-state index contributed by atoms with van der Waals surface area (Å²) in [5.74, 6) is 0.649. The van der Waals surface area contributed by atoms with Crippen LogP contribution in [-0.2, 0) is 25.9 Å². The van der Waals surface area contributed by atoms with Crippen molar-refractivity contribution in [3.8, 4) is 0 Å². The van der Waals surface area contributed by atoms with Crippen LogP contribution in [-0.4, -0.2) is 108 Å². The zero-order valence-electron chi connectivity index (χ0n) is 18.7. The molecule has 3 heterocycles. The minimum Gasteiger partial charge on any atom is -0.380 e. The molecule has 174 valence electrons. The summed E-state index contributed by atoms with van der Waals surface area (Å²) in [5.41, 5.74) is 1.18. The molecule has 31 heavy (non-hydrogen) atoms. The van der Waals surface area contributed by atoms with E-state index in [0.29, 0.717) is 16.9 Å². The van der Waals surface area contributed by atoms with E-state index in [9.17, 15) is 8.42 Å². The topological polar surface area (TPSA) is 62.3 Å². The molecule has 2 unspecified atom stereocenters. The summed E-state index contributed by atoms with van der Waals surface area (Å²) in [7, 11) is -3.13. The molecule has 3 saturated heterocycles. The van der Waals surface area contributed by atoms with Gasteiger partial charge in [-0.25, -0.2) is 8.42 Å². The van der Waals surface area contributed by atoms with Crippen LogP contribution in [0.1, 0.15) is 18.4 Å². The van der Waals surface area contributed by atoms with Gasteiger partial charge in [-0.2, -0.15) is 0 Å². The largest absolute Gasteiger partial charge is 0.380 e. The predicted molar refractivity (Wildman–Crippen MR) is 121 cm³/mol. The van der Waals surface area contributed by atoms with Gasteiger partial charge in [0.05, 0.1) is 31.3 Å². The van der Waals surface area contributed by atoms with Crippen molar-refractivity contribution in [1.82, 2.24) is 14.7 Å². The molecule has 4 rings (SSSR count). The molecule has 2 atom stereocenters. The molecule has 3 fully saturated rings. The summed E-state index contributed by atoms with van der Waals surface area (Å²) in [5, 5.41) is 0. The smallest absolute Gasteiger partial charge is 0.175 e. The van der Waals surface area contributed by atoms with Gasteiger partial charge in [0, 0.05) is 64.7 Å². The van der Waals surface area contributed by atoms with E-state index in [-0.39, 0.29) is 0 Å². The van der Waals surface area contributed by atoms with Gasteiger partial charge in [-0.05, 0) is 36.5 Å². The minimum atomic E-state index is -3.13. The third-order valence-electron chi connectivity index (χ3n) is 6.86. The second kappa shape index (κ2) is 10.7. The molecule has 0 radical (unpaired) electrons. The Morgan fingerprint density at radius 1 is 1.00 bits per heavy atom. The van der Waals surface area contributed by atoms with Crippen molar-refractivity contribution in [1.29, 1.82) is 0 Å². The van der Waals surface area contributed by atoms with Crippen LogP contribution in [0.4, 0.5) is 0 Å². The van der Waals surface area contributed by atoms with Crippen LogP contribution in [0.3, 0.4) is 0 Å². The van der Waals surface area contributed by atoms with Gasteiger partial charge in [0.15, 0.2) is 9.84 Å². The third-order valence-corrected chi connectivity index (χ3v) is 7.98. The second-order valence-electron chi connectivity index (χ2n) is 9.27. The number of ether oxygens (including phenoxy) is 2. The number of piperazine rings is 1. The molecule has 7 nitrogen and oxygen atoms in total. The van der Waals surface area contributed by atoms with Crippen molar-refractivity contribution in [2.75, 3.05) is 78.5 Å². The molecule has 0 N–H and O–H groups in total. The van der Waals surface area contributed by atoms with Crippen molar-refractivity contribution < 1.29 is 17.9 Å². The van der Waals surface area contributed by atoms with Gasteiger partial charge in [0.25, 0.3) is 0 Å². The van der Waals surface area contributed by atoms with Crippen LogP contribution in [0.25, 0.3) is 0 Å². The molecular formula is C23H37N3O4S. The number of hydrogen-bond donors (Lipinski definition) is 0. The SMILES string of the molecule is CS(=O)(=O)c1ccc(CN2CCN3CC(COCCN4CCOCC4)CCC3C2)cc1. The normalized spacial score (nSPS) is 26.6. The van der Waals surface area contributed by atoms with E-state index in [1.54, 1.807) is 12.1 Å². The first kappa shape index (κ1) is 23.1. The minimum absolute atomic E-state index is 0.395. The average Bonchev–Trinajstić information content (AvgIpc) is 2.77. The van der Waals surface area contributed by atoms with E-state index in [2.05, 4.69) is 14.7 Å². The van der Waals surface area contributed by atoms with Crippen molar-refractivity contribution in [2.24, 2.45) is 5.92 Å². The molecule has 0 aliphatic carbocycles. The maximum Gasteiger partial charge on any atom is 0.175 e. The zero-order chi connectivity index (χ0) is 21.7. The molecule has 0 saturated carbocycles. The molecular weight excluding hydrogens is 414 g/mol. The van der Waals surface area contributed by atoms with Crippen molar-refractivity contribution >= 4 is 9.84 Å². The van der Waals surface area contributed by atoms with Gasteiger partial charge in [0.1, 0.15) is 0 Å². The Morgan fingerprint density at radius 3 is 2.52 bits per heavy atom. The summed E-state index contributed by atoms with van der Waals surface area (Å²) < 4.78 is 34.7. The Morgan fingerprint density at radius 2 is 1.77 bits per heavy atom. The highest BCUT2D eigenvalue weighted by Crippen LogP contribution is 2.26. The first-order valence-corrected chi connectivity index (χ1v) is 13.5. The van der Waals surface area contributed by atoms with Crippen molar-refractivity contribution in [3.05, 3.63) is 29.8 Å². The molecule has 0 aromatic heterocycles. The van der Waals surface area contributed by atoms with Crippen molar-refractivity contribution in [2.45, 2.75) is 30.3 Å². The van der Waals surface area contributed by atoms with Crippen LogP contribution >= 0.6 is 0 Å². The van der Waals surface area contributed by atoms with E-state index in [0.717, 1.165) is 78.8 Å². The summed E-state index contributed by atoms with van der Waals surface area (Å²) >= 11 is 0. The lowest BCUT2D eigenvalue weighted by Gasteiger charge is -2.46. The Hall–Kier alpha value is -1.03. The highest BCUT2D eigenvalue weighted by atomic mass is 32.2. The van der Waals surface area contributed by atoms with E-state index < -0.39 is 9.84 Å². The number of piperidine rings is 1. The van der Waals surface area contributed by atoms with Gasteiger partial charge in [-0.1, -0.05) is 12.1 Å². The van der Waals surface area contributed by atoms with E-state index in [4.69, 9.17) is 9.47 Å². The predicted octanol–water partition coefficient (Wildman–Crippen LogP) is 1.34. The molecule has 0 bridgehead atoms. The molecule has 1 aromatic carbocycles. The first-order chi connectivity index (χ1) is 15.0. The van der Waals surface area contributed by atoms with E-state index in [1.165, 1.54) is 24.7 Å². The van der Waals surface area contributed by atoms with E-state index >= 15 is 0 Å². The fraction of sp³-hybridized carbons (Fsp3) is 0.739. The molecule has 3 aliphatic heterocycles. The molecule has 0 amide bonds. The Kier molecular flexibility index (Phi) is 8.01. The molecule has 0 spiro atoms. The van der Waals surface area contributed by atoms with Gasteiger partial charge in [-0.15, -0.1) is 0 Å². The Balaban J connectivity index is 1.16. The number of fused-ring (bicyclic) bond motifs is 1. The summed E-state index contributed by atoms with van der Waals surface area (Å²) in [6, 6.07) is 7.99. The zero-order valence-corrected chi connectivity index (χ0v) is 19.6. The quantitative estimate of drug-likeness (QED) is 0.553.